The third-order valence-electron chi connectivity index (χ3n) is 8.48. The highest BCUT2D eigenvalue weighted by molar-refractivity contribution is 8.00. The molecule has 33 heavy (non-hydrogen) atoms. The van der Waals surface area contributed by atoms with Crippen LogP contribution in [-0.4, -0.2) is 46.6 Å². The summed E-state index contributed by atoms with van der Waals surface area (Å²) < 4.78 is 18.9. The van der Waals surface area contributed by atoms with E-state index in [-0.39, 0.29) is 29.8 Å². The van der Waals surface area contributed by atoms with Crippen molar-refractivity contribution in [3.8, 4) is 0 Å². The van der Waals surface area contributed by atoms with E-state index in [2.05, 4.69) is 5.32 Å². The minimum Gasteiger partial charge on any atom is -0.454 e. The van der Waals surface area contributed by atoms with E-state index in [4.69, 9.17) is 4.74 Å². The first-order chi connectivity index (χ1) is 15.9. The van der Waals surface area contributed by atoms with E-state index in [9.17, 15) is 18.8 Å². The zero-order chi connectivity index (χ0) is 22.8. The van der Waals surface area contributed by atoms with Gasteiger partial charge in [0, 0.05) is 17.7 Å². The lowest BCUT2D eigenvalue weighted by atomic mass is 9.53. The van der Waals surface area contributed by atoms with Crippen LogP contribution in [0, 0.1) is 23.6 Å². The molecule has 0 spiro atoms. The molecular weight excluding hydrogens is 443 g/mol. The molecule has 2 aliphatic heterocycles. The van der Waals surface area contributed by atoms with Gasteiger partial charge in [0.2, 0.25) is 5.91 Å². The Bertz CT molecular complexity index is 963. The molecule has 176 valence electrons. The second kappa shape index (κ2) is 7.72. The Morgan fingerprint density at radius 3 is 2.36 bits per heavy atom. The normalized spacial score (nSPS) is 38.5. The van der Waals surface area contributed by atoms with Gasteiger partial charge in [-0.25, -0.2) is 9.18 Å². The number of thioether (sulfide) groups is 1. The van der Waals surface area contributed by atoms with Gasteiger partial charge in [-0.1, -0.05) is 12.1 Å². The molecule has 2 unspecified atom stereocenters. The van der Waals surface area contributed by atoms with Crippen molar-refractivity contribution in [1.29, 1.82) is 0 Å². The Morgan fingerprint density at radius 1 is 1.09 bits per heavy atom. The molecule has 4 bridgehead atoms. The molecule has 1 N–H and O–H groups in total. The number of hydrogen-bond donors (Lipinski definition) is 1. The second-order valence-corrected chi connectivity index (χ2v) is 12.0. The molecule has 0 aromatic heterocycles. The van der Waals surface area contributed by atoms with Crippen LogP contribution in [0.25, 0.3) is 0 Å². The summed E-state index contributed by atoms with van der Waals surface area (Å²) in [4.78, 5) is 39.4. The first-order valence-corrected chi connectivity index (χ1v) is 13.0. The van der Waals surface area contributed by atoms with E-state index in [1.165, 1.54) is 43.2 Å². The third-order valence-corrected chi connectivity index (χ3v) is 10.1. The predicted octanol–water partition coefficient (Wildman–Crippen LogP) is 3.34. The highest BCUT2D eigenvalue weighted by atomic mass is 32.2. The maximum Gasteiger partial charge on any atom is 0.330 e. The number of fused-ring (bicyclic) bond motifs is 1. The molecule has 1 aromatic carbocycles. The minimum atomic E-state index is -0.734. The standard InChI is InChI=1S/C25H29FN2O4S/c26-19-3-1-18(2-4-19)25-6-5-22(30)28(25)20(14-33-25)23(31)32-13-21(29)27-24-10-15-7-16(11-24)9-17(8-15)12-24/h1-4,15-17,20H,5-14H2,(H,27,29). The van der Waals surface area contributed by atoms with Gasteiger partial charge in [-0.15, -0.1) is 11.8 Å². The molecular formula is C25H29FN2O4S. The van der Waals surface area contributed by atoms with Crippen LogP contribution in [0.2, 0.25) is 0 Å². The van der Waals surface area contributed by atoms with Crippen molar-refractivity contribution in [3.05, 3.63) is 35.6 Å². The molecule has 8 heteroatoms. The average Bonchev–Trinajstić information content (AvgIpc) is 3.30. The first kappa shape index (κ1) is 21.4. The maximum atomic E-state index is 13.4. The summed E-state index contributed by atoms with van der Waals surface area (Å²) in [5.41, 5.74) is 0.694. The summed E-state index contributed by atoms with van der Waals surface area (Å²) in [6.45, 7) is -0.312. The van der Waals surface area contributed by atoms with Gasteiger partial charge >= 0.3 is 5.97 Å². The van der Waals surface area contributed by atoms with E-state index in [0.29, 0.717) is 18.6 Å². The number of nitrogens with zero attached hydrogens (tertiary/aromatic N) is 1. The van der Waals surface area contributed by atoms with Crippen molar-refractivity contribution in [2.45, 2.75) is 67.8 Å². The highest BCUT2D eigenvalue weighted by Gasteiger charge is 2.57. The molecule has 0 radical (unpaired) electrons. The summed E-state index contributed by atoms with van der Waals surface area (Å²) in [5, 5.41) is 3.23. The van der Waals surface area contributed by atoms with Gasteiger partial charge in [0.1, 0.15) is 16.7 Å². The summed E-state index contributed by atoms with van der Waals surface area (Å²) in [7, 11) is 0. The lowest BCUT2D eigenvalue weighted by Crippen LogP contribution is -2.60. The molecule has 2 saturated heterocycles. The van der Waals surface area contributed by atoms with Gasteiger partial charge < -0.3 is 15.0 Å². The lowest BCUT2D eigenvalue weighted by Gasteiger charge is -2.56. The quantitative estimate of drug-likeness (QED) is 0.666. The van der Waals surface area contributed by atoms with Crippen LogP contribution in [0.5, 0.6) is 0 Å². The van der Waals surface area contributed by atoms with Gasteiger partial charge in [0.25, 0.3) is 5.91 Å². The minimum absolute atomic E-state index is 0.107. The molecule has 1 aromatic rings. The number of hydrogen-bond acceptors (Lipinski definition) is 5. The smallest absolute Gasteiger partial charge is 0.330 e. The highest BCUT2D eigenvalue weighted by Crippen LogP contribution is 2.56. The Morgan fingerprint density at radius 2 is 1.73 bits per heavy atom. The average molecular weight is 473 g/mol. The molecule has 6 fully saturated rings. The number of carbonyl (C=O) groups is 3. The number of nitrogens with one attached hydrogen (secondary N) is 1. The van der Waals surface area contributed by atoms with Gasteiger partial charge in [-0.05, 0) is 80.4 Å². The molecule has 7 rings (SSSR count). The number of ether oxygens (including phenoxy) is 1. The Hall–Kier alpha value is -2.09. The van der Waals surface area contributed by atoms with Crippen molar-refractivity contribution in [2.24, 2.45) is 17.8 Å². The van der Waals surface area contributed by atoms with E-state index < -0.39 is 16.9 Å². The summed E-state index contributed by atoms with van der Waals surface area (Å²) in [6.07, 6.45) is 7.91. The van der Waals surface area contributed by atoms with Crippen LogP contribution in [-0.2, 0) is 24.0 Å². The van der Waals surface area contributed by atoms with Crippen LogP contribution >= 0.6 is 11.8 Å². The number of esters is 1. The molecule has 2 heterocycles. The van der Waals surface area contributed by atoms with Crippen molar-refractivity contribution in [3.63, 3.8) is 0 Å². The fraction of sp³-hybridized carbons (Fsp3) is 0.640. The molecule has 2 amide bonds. The molecule has 4 aliphatic carbocycles. The number of carbonyl (C=O) groups excluding carboxylic acids is 3. The van der Waals surface area contributed by atoms with Crippen LogP contribution in [0.3, 0.4) is 0 Å². The summed E-state index contributed by atoms with van der Waals surface area (Å²) >= 11 is 1.52. The van der Waals surface area contributed by atoms with Crippen molar-refractivity contribution in [1.82, 2.24) is 10.2 Å². The van der Waals surface area contributed by atoms with Gasteiger partial charge in [0.05, 0.1) is 0 Å². The largest absolute Gasteiger partial charge is 0.454 e. The van der Waals surface area contributed by atoms with Gasteiger partial charge in [0.15, 0.2) is 6.61 Å². The third kappa shape index (κ3) is 3.56. The molecule has 4 saturated carbocycles. The molecule has 2 atom stereocenters. The second-order valence-electron chi connectivity index (χ2n) is 10.7. The topological polar surface area (TPSA) is 75.7 Å². The van der Waals surface area contributed by atoms with E-state index in [1.54, 1.807) is 17.0 Å². The fourth-order valence-electron chi connectivity index (χ4n) is 7.66. The van der Waals surface area contributed by atoms with E-state index >= 15 is 0 Å². The van der Waals surface area contributed by atoms with Crippen LogP contribution < -0.4 is 5.32 Å². The zero-order valence-corrected chi connectivity index (χ0v) is 19.4. The summed E-state index contributed by atoms with van der Waals surface area (Å²) in [5.74, 6) is 1.33. The van der Waals surface area contributed by atoms with Crippen LogP contribution in [0.15, 0.2) is 24.3 Å². The Kier molecular flexibility index (Phi) is 5.02. The fourth-order valence-corrected chi connectivity index (χ4v) is 9.29. The molecule has 6 nitrogen and oxygen atoms in total. The van der Waals surface area contributed by atoms with Crippen molar-refractivity contribution < 1.29 is 23.5 Å². The Balaban J connectivity index is 1.10. The van der Waals surface area contributed by atoms with Crippen molar-refractivity contribution >= 4 is 29.5 Å². The molecule has 6 aliphatic rings. The number of halogens is 1. The Labute approximate surface area is 197 Å². The lowest BCUT2D eigenvalue weighted by molar-refractivity contribution is -0.157. The SMILES string of the molecule is O=C(COC(=O)C1CSC2(c3ccc(F)cc3)CCC(=O)N12)NC12CC3CC(CC(C3)C1)C2. The zero-order valence-electron chi connectivity index (χ0n) is 18.6. The van der Waals surface area contributed by atoms with Crippen LogP contribution in [0.4, 0.5) is 4.39 Å². The number of amides is 2. The maximum absolute atomic E-state index is 13.4. The first-order valence-electron chi connectivity index (χ1n) is 12.1. The van der Waals surface area contributed by atoms with E-state index in [0.717, 1.165) is 42.6 Å². The monoisotopic (exact) mass is 472 g/mol. The number of benzene rings is 1. The van der Waals surface area contributed by atoms with Gasteiger partial charge in [-0.3, -0.25) is 9.59 Å². The van der Waals surface area contributed by atoms with Crippen LogP contribution in [0.1, 0.15) is 56.9 Å². The summed E-state index contributed by atoms with van der Waals surface area (Å²) in [6, 6.07) is 5.39. The predicted molar refractivity (Wildman–Crippen MR) is 120 cm³/mol. The number of rotatable bonds is 5. The van der Waals surface area contributed by atoms with Gasteiger partial charge in [-0.2, -0.15) is 0 Å². The van der Waals surface area contributed by atoms with Crippen molar-refractivity contribution in [2.75, 3.05) is 12.4 Å². The van der Waals surface area contributed by atoms with E-state index in [1.807, 2.05) is 0 Å².